The number of amides is 2. The van der Waals surface area contributed by atoms with Crippen molar-refractivity contribution in [3.8, 4) is 0 Å². The largest absolute Gasteiger partial charge is 0.480 e. The van der Waals surface area contributed by atoms with Crippen LogP contribution in [0.2, 0.25) is 0 Å². The molecule has 1 unspecified atom stereocenters. The van der Waals surface area contributed by atoms with Crippen molar-refractivity contribution in [3.05, 3.63) is 0 Å². The zero-order chi connectivity index (χ0) is 13.2. The van der Waals surface area contributed by atoms with Crippen molar-refractivity contribution in [2.24, 2.45) is 5.41 Å². The minimum absolute atomic E-state index is 0.00467. The maximum atomic E-state index is 12.0. The van der Waals surface area contributed by atoms with Gasteiger partial charge in [0.15, 0.2) is 0 Å². The highest BCUT2D eigenvalue weighted by atomic mass is 16.4. The number of hydrogen-bond donors (Lipinski definition) is 2. The fraction of sp³-hybridized carbons (Fsp3) is 0.833. The third-order valence-corrected chi connectivity index (χ3v) is 3.44. The summed E-state index contributed by atoms with van der Waals surface area (Å²) >= 11 is 0. The third-order valence-electron chi connectivity index (χ3n) is 3.44. The van der Waals surface area contributed by atoms with Gasteiger partial charge in [0.05, 0.1) is 0 Å². The molecular formula is C12H22N2O3. The number of carboxylic acid groups (broad SMARTS) is 1. The predicted octanol–water partition coefficient (Wildman–Crippen LogP) is 1.68. The zero-order valence-electron chi connectivity index (χ0n) is 11.0. The number of aliphatic carboxylic acids is 1. The van der Waals surface area contributed by atoms with Gasteiger partial charge >= 0.3 is 12.0 Å². The number of hydrogen-bond acceptors (Lipinski definition) is 2. The SMILES string of the molecule is CC(NC(=O)N1CCC[C@@H]1C(=O)O)C(C)(C)C. The average molecular weight is 242 g/mol. The van der Waals surface area contributed by atoms with E-state index in [0.717, 1.165) is 6.42 Å². The van der Waals surface area contributed by atoms with E-state index in [-0.39, 0.29) is 17.5 Å². The maximum absolute atomic E-state index is 12.0. The Bertz CT molecular complexity index is 309. The predicted molar refractivity (Wildman–Crippen MR) is 64.8 cm³/mol. The van der Waals surface area contributed by atoms with Gasteiger partial charge in [-0.15, -0.1) is 0 Å². The molecule has 0 aromatic heterocycles. The van der Waals surface area contributed by atoms with E-state index in [1.54, 1.807) is 0 Å². The van der Waals surface area contributed by atoms with Crippen LogP contribution in [0.15, 0.2) is 0 Å². The van der Waals surface area contributed by atoms with Gasteiger partial charge in [-0.05, 0) is 25.2 Å². The number of carbonyl (C=O) groups excluding carboxylic acids is 1. The summed E-state index contributed by atoms with van der Waals surface area (Å²) in [6.07, 6.45) is 1.31. The molecule has 5 nitrogen and oxygen atoms in total. The Morgan fingerprint density at radius 3 is 2.47 bits per heavy atom. The summed E-state index contributed by atoms with van der Waals surface area (Å²) in [5.41, 5.74) is -0.0336. The fourth-order valence-corrected chi connectivity index (χ4v) is 1.75. The van der Waals surface area contributed by atoms with E-state index in [2.05, 4.69) is 5.32 Å². The Morgan fingerprint density at radius 1 is 1.41 bits per heavy atom. The Labute approximate surface area is 102 Å². The molecule has 1 heterocycles. The minimum atomic E-state index is -0.916. The Kier molecular flexibility index (Phi) is 4.01. The molecule has 0 radical (unpaired) electrons. The monoisotopic (exact) mass is 242 g/mol. The van der Waals surface area contributed by atoms with Crippen molar-refractivity contribution in [1.29, 1.82) is 0 Å². The molecule has 2 atom stereocenters. The fourth-order valence-electron chi connectivity index (χ4n) is 1.75. The molecule has 0 aromatic rings. The van der Waals surface area contributed by atoms with Gasteiger partial charge in [-0.3, -0.25) is 0 Å². The molecule has 17 heavy (non-hydrogen) atoms. The first-order valence-corrected chi connectivity index (χ1v) is 6.03. The number of urea groups is 1. The Balaban J connectivity index is 2.61. The van der Waals surface area contributed by atoms with Gasteiger partial charge in [-0.25, -0.2) is 9.59 Å². The van der Waals surface area contributed by atoms with Gasteiger partial charge in [-0.2, -0.15) is 0 Å². The molecule has 2 N–H and O–H groups in total. The summed E-state index contributed by atoms with van der Waals surface area (Å²) in [6.45, 7) is 8.58. The number of rotatable bonds is 2. The van der Waals surface area contributed by atoms with Crippen LogP contribution in [0.25, 0.3) is 0 Å². The molecule has 0 bridgehead atoms. The van der Waals surface area contributed by atoms with Gasteiger partial charge in [0.25, 0.3) is 0 Å². The lowest BCUT2D eigenvalue weighted by molar-refractivity contribution is -0.141. The number of likely N-dealkylation sites (tertiary alicyclic amines) is 1. The molecule has 1 saturated heterocycles. The van der Waals surface area contributed by atoms with Crippen LogP contribution in [0.5, 0.6) is 0 Å². The molecule has 0 aromatic carbocycles. The van der Waals surface area contributed by atoms with E-state index in [4.69, 9.17) is 5.11 Å². The zero-order valence-corrected chi connectivity index (χ0v) is 11.0. The summed E-state index contributed by atoms with van der Waals surface area (Å²) in [7, 11) is 0. The summed E-state index contributed by atoms with van der Waals surface area (Å²) in [5, 5.41) is 11.9. The molecule has 1 aliphatic rings. The molecule has 5 heteroatoms. The Hall–Kier alpha value is -1.26. The quantitative estimate of drug-likeness (QED) is 0.774. The van der Waals surface area contributed by atoms with Crippen molar-refractivity contribution >= 4 is 12.0 Å². The van der Waals surface area contributed by atoms with Crippen LogP contribution < -0.4 is 5.32 Å². The van der Waals surface area contributed by atoms with Crippen LogP contribution in [-0.4, -0.2) is 40.6 Å². The van der Waals surface area contributed by atoms with E-state index in [1.807, 2.05) is 27.7 Å². The first-order chi connectivity index (χ1) is 7.73. The van der Waals surface area contributed by atoms with Gasteiger partial charge < -0.3 is 15.3 Å². The second kappa shape index (κ2) is 4.94. The van der Waals surface area contributed by atoms with Crippen LogP contribution in [-0.2, 0) is 4.79 Å². The smallest absolute Gasteiger partial charge is 0.326 e. The first kappa shape index (κ1) is 13.8. The van der Waals surface area contributed by atoms with Gasteiger partial charge in [0.2, 0.25) is 0 Å². The van der Waals surface area contributed by atoms with Crippen LogP contribution in [0.4, 0.5) is 4.79 Å². The van der Waals surface area contributed by atoms with E-state index in [0.29, 0.717) is 13.0 Å². The second-order valence-corrected chi connectivity index (χ2v) is 5.73. The summed E-state index contributed by atoms with van der Waals surface area (Å²) in [6, 6.07) is -0.926. The standard InChI is InChI=1S/C12H22N2O3/c1-8(12(2,3)4)13-11(17)14-7-5-6-9(14)10(15)16/h8-9H,5-7H2,1-4H3,(H,13,17)(H,15,16)/t8?,9-/m1/s1. The summed E-state index contributed by atoms with van der Waals surface area (Å²) in [4.78, 5) is 24.4. The second-order valence-electron chi connectivity index (χ2n) is 5.73. The summed E-state index contributed by atoms with van der Waals surface area (Å²) in [5.74, 6) is -0.916. The average Bonchev–Trinajstić information content (AvgIpc) is 2.63. The lowest BCUT2D eigenvalue weighted by Crippen LogP contribution is -2.51. The van der Waals surface area contributed by atoms with Crippen molar-refractivity contribution in [1.82, 2.24) is 10.2 Å². The molecule has 0 spiro atoms. The van der Waals surface area contributed by atoms with Crippen molar-refractivity contribution < 1.29 is 14.7 Å². The van der Waals surface area contributed by atoms with Gasteiger partial charge in [0, 0.05) is 12.6 Å². The normalized spacial score (nSPS) is 22.4. The van der Waals surface area contributed by atoms with Crippen LogP contribution in [0, 0.1) is 5.41 Å². The van der Waals surface area contributed by atoms with E-state index in [9.17, 15) is 9.59 Å². The topological polar surface area (TPSA) is 69.6 Å². The molecule has 0 saturated carbocycles. The molecule has 0 aliphatic carbocycles. The molecule has 2 amide bonds. The van der Waals surface area contributed by atoms with E-state index in [1.165, 1.54) is 4.90 Å². The lowest BCUT2D eigenvalue weighted by Gasteiger charge is -2.31. The summed E-state index contributed by atoms with van der Waals surface area (Å²) < 4.78 is 0. The van der Waals surface area contributed by atoms with Gasteiger partial charge in [0.1, 0.15) is 6.04 Å². The molecule has 1 fully saturated rings. The molecule has 1 rings (SSSR count). The van der Waals surface area contributed by atoms with Crippen molar-refractivity contribution in [2.75, 3.05) is 6.54 Å². The maximum Gasteiger partial charge on any atom is 0.326 e. The minimum Gasteiger partial charge on any atom is -0.480 e. The number of nitrogens with one attached hydrogen (secondary N) is 1. The van der Waals surface area contributed by atoms with Crippen molar-refractivity contribution in [3.63, 3.8) is 0 Å². The van der Waals surface area contributed by atoms with Crippen LogP contribution >= 0.6 is 0 Å². The van der Waals surface area contributed by atoms with Crippen LogP contribution in [0.1, 0.15) is 40.5 Å². The Morgan fingerprint density at radius 2 is 2.00 bits per heavy atom. The molecular weight excluding hydrogens is 220 g/mol. The lowest BCUT2D eigenvalue weighted by atomic mass is 9.88. The van der Waals surface area contributed by atoms with Crippen LogP contribution in [0.3, 0.4) is 0 Å². The van der Waals surface area contributed by atoms with Gasteiger partial charge in [-0.1, -0.05) is 20.8 Å². The van der Waals surface area contributed by atoms with E-state index >= 15 is 0 Å². The van der Waals surface area contributed by atoms with E-state index < -0.39 is 12.0 Å². The molecule has 98 valence electrons. The third kappa shape index (κ3) is 3.35. The number of nitrogens with zero attached hydrogens (tertiary/aromatic N) is 1. The highest BCUT2D eigenvalue weighted by molar-refractivity contribution is 5.83. The first-order valence-electron chi connectivity index (χ1n) is 6.03. The van der Waals surface area contributed by atoms with Crippen molar-refractivity contribution in [2.45, 2.75) is 52.6 Å². The molecule has 1 aliphatic heterocycles. The highest BCUT2D eigenvalue weighted by Gasteiger charge is 2.35. The highest BCUT2D eigenvalue weighted by Crippen LogP contribution is 2.21. The number of carboxylic acids is 1. The number of carbonyl (C=O) groups is 2.